The van der Waals surface area contributed by atoms with E-state index in [-0.39, 0.29) is 12.2 Å². The lowest BCUT2D eigenvalue weighted by Gasteiger charge is -2.36. The van der Waals surface area contributed by atoms with E-state index in [0.717, 1.165) is 41.1 Å². The van der Waals surface area contributed by atoms with Gasteiger partial charge in [0.25, 0.3) is 0 Å². The highest BCUT2D eigenvalue weighted by Gasteiger charge is 2.25. The first kappa shape index (κ1) is 15.0. The smallest absolute Gasteiger partial charge is 0.138 e. The van der Waals surface area contributed by atoms with Crippen molar-refractivity contribution in [2.24, 2.45) is 0 Å². The molecule has 5 heteroatoms. The van der Waals surface area contributed by atoms with Crippen molar-refractivity contribution in [2.75, 3.05) is 18.0 Å². The van der Waals surface area contributed by atoms with Crippen molar-refractivity contribution in [3.63, 3.8) is 0 Å². The zero-order valence-corrected chi connectivity index (χ0v) is 13.9. The maximum absolute atomic E-state index is 5.87. The van der Waals surface area contributed by atoms with Crippen LogP contribution < -0.4 is 4.90 Å². The molecule has 0 amide bonds. The van der Waals surface area contributed by atoms with Crippen molar-refractivity contribution in [3.8, 4) is 11.3 Å². The Bertz CT molecular complexity index is 842. The molecule has 1 fully saturated rings. The SMILES string of the molecule is C[C@@H]1CN(c2nc(-c3ccncc3)cc3ncccc23)C[C@H](C)O1. The van der Waals surface area contributed by atoms with Crippen LogP contribution in [-0.2, 0) is 4.74 Å². The molecule has 0 aliphatic carbocycles. The van der Waals surface area contributed by atoms with Gasteiger partial charge in [0, 0.05) is 42.6 Å². The van der Waals surface area contributed by atoms with Crippen LogP contribution in [0.25, 0.3) is 22.2 Å². The second-order valence-corrected chi connectivity index (χ2v) is 6.30. The van der Waals surface area contributed by atoms with Crippen molar-refractivity contribution in [2.45, 2.75) is 26.1 Å². The van der Waals surface area contributed by atoms with Gasteiger partial charge in [-0.05, 0) is 44.2 Å². The van der Waals surface area contributed by atoms with E-state index in [2.05, 4.69) is 34.8 Å². The minimum absolute atomic E-state index is 0.187. The van der Waals surface area contributed by atoms with E-state index in [0.29, 0.717) is 0 Å². The van der Waals surface area contributed by atoms with Crippen LogP contribution in [0.4, 0.5) is 5.82 Å². The zero-order chi connectivity index (χ0) is 16.5. The number of aromatic nitrogens is 3. The minimum Gasteiger partial charge on any atom is -0.372 e. The largest absolute Gasteiger partial charge is 0.372 e. The lowest BCUT2D eigenvalue weighted by Crippen LogP contribution is -2.46. The fraction of sp³-hybridized carbons (Fsp3) is 0.316. The standard InChI is InChI=1S/C19H20N4O/c1-13-11-23(12-14(2)24-13)19-16-4-3-7-21-18(16)10-17(22-19)15-5-8-20-9-6-15/h3-10,13-14H,11-12H2,1-2H3/t13-,14+. The van der Waals surface area contributed by atoms with Gasteiger partial charge in [-0.1, -0.05) is 0 Å². The maximum atomic E-state index is 5.87. The van der Waals surface area contributed by atoms with Crippen molar-refractivity contribution in [1.82, 2.24) is 15.0 Å². The van der Waals surface area contributed by atoms with E-state index in [4.69, 9.17) is 9.72 Å². The molecule has 4 heterocycles. The quantitative estimate of drug-likeness (QED) is 0.725. The summed E-state index contributed by atoms with van der Waals surface area (Å²) in [7, 11) is 0. The Morgan fingerprint density at radius 2 is 1.79 bits per heavy atom. The van der Waals surface area contributed by atoms with E-state index >= 15 is 0 Å². The van der Waals surface area contributed by atoms with Crippen molar-refractivity contribution in [3.05, 3.63) is 48.9 Å². The first-order chi connectivity index (χ1) is 11.7. The molecule has 5 nitrogen and oxygen atoms in total. The predicted molar refractivity (Wildman–Crippen MR) is 95.0 cm³/mol. The molecular formula is C19H20N4O. The molecule has 24 heavy (non-hydrogen) atoms. The molecule has 3 aromatic rings. The number of anilines is 1. The molecule has 2 atom stereocenters. The Hall–Kier alpha value is -2.53. The summed E-state index contributed by atoms with van der Waals surface area (Å²) in [6.07, 6.45) is 5.78. The van der Waals surface area contributed by atoms with Gasteiger partial charge < -0.3 is 9.64 Å². The molecular weight excluding hydrogens is 300 g/mol. The van der Waals surface area contributed by atoms with E-state index in [1.54, 1.807) is 12.4 Å². The van der Waals surface area contributed by atoms with Crippen LogP contribution in [-0.4, -0.2) is 40.2 Å². The number of ether oxygens (including phenoxy) is 1. The van der Waals surface area contributed by atoms with E-state index in [1.807, 2.05) is 30.5 Å². The van der Waals surface area contributed by atoms with Crippen LogP contribution in [0.5, 0.6) is 0 Å². The van der Waals surface area contributed by atoms with Gasteiger partial charge in [-0.25, -0.2) is 4.98 Å². The summed E-state index contributed by atoms with van der Waals surface area (Å²) >= 11 is 0. The fourth-order valence-electron chi connectivity index (χ4n) is 3.32. The van der Waals surface area contributed by atoms with E-state index in [1.165, 1.54) is 0 Å². The minimum atomic E-state index is 0.187. The number of rotatable bonds is 2. The van der Waals surface area contributed by atoms with Crippen LogP contribution in [0.15, 0.2) is 48.9 Å². The molecule has 0 spiro atoms. The average molecular weight is 320 g/mol. The molecule has 0 radical (unpaired) electrons. The molecule has 1 aliphatic heterocycles. The summed E-state index contributed by atoms with van der Waals surface area (Å²) < 4.78 is 5.87. The highest BCUT2D eigenvalue weighted by molar-refractivity contribution is 5.92. The van der Waals surface area contributed by atoms with Gasteiger partial charge >= 0.3 is 0 Å². The molecule has 0 N–H and O–H groups in total. The summed E-state index contributed by atoms with van der Waals surface area (Å²) in [5.41, 5.74) is 2.93. The average Bonchev–Trinajstić information content (AvgIpc) is 2.60. The van der Waals surface area contributed by atoms with Crippen molar-refractivity contribution >= 4 is 16.7 Å². The van der Waals surface area contributed by atoms with Crippen LogP contribution in [0.2, 0.25) is 0 Å². The highest BCUT2D eigenvalue weighted by Crippen LogP contribution is 2.30. The number of morpholine rings is 1. The molecule has 3 aromatic heterocycles. The Morgan fingerprint density at radius 3 is 2.54 bits per heavy atom. The summed E-state index contributed by atoms with van der Waals surface area (Å²) in [5.74, 6) is 0.981. The molecule has 0 unspecified atom stereocenters. The third-order valence-electron chi connectivity index (χ3n) is 4.27. The topological polar surface area (TPSA) is 51.1 Å². The first-order valence-corrected chi connectivity index (χ1v) is 8.27. The molecule has 0 bridgehead atoms. The third-order valence-corrected chi connectivity index (χ3v) is 4.27. The normalized spacial score (nSPS) is 21.2. The Labute approximate surface area is 141 Å². The Balaban J connectivity index is 1.87. The Kier molecular flexibility index (Phi) is 3.86. The van der Waals surface area contributed by atoms with Gasteiger partial charge in [0.2, 0.25) is 0 Å². The third kappa shape index (κ3) is 2.83. The summed E-state index contributed by atoms with van der Waals surface area (Å²) in [6, 6.07) is 10.1. The summed E-state index contributed by atoms with van der Waals surface area (Å²) in [4.78, 5) is 15.9. The number of nitrogens with zero attached hydrogens (tertiary/aromatic N) is 4. The van der Waals surface area contributed by atoms with Crippen LogP contribution >= 0.6 is 0 Å². The monoisotopic (exact) mass is 320 g/mol. The van der Waals surface area contributed by atoms with E-state index in [9.17, 15) is 0 Å². The predicted octanol–water partition coefficient (Wildman–Crippen LogP) is 3.31. The van der Waals surface area contributed by atoms with Gasteiger partial charge in [-0.3, -0.25) is 9.97 Å². The number of hydrogen-bond donors (Lipinski definition) is 0. The molecule has 0 aromatic carbocycles. The van der Waals surface area contributed by atoms with Crippen LogP contribution in [0, 0.1) is 0 Å². The lowest BCUT2D eigenvalue weighted by molar-refractivity contribution is -0.00536. The second-order valence-electron chi connectivity index (χ2n) is 6.30. The molecule has 1 saturated heterocycles. The van der Waals surface area contributed by atoms with Crippen molar-refractivity contribution in [1.29, 1.82) is 0 Å². The molecule has 1 aliphatic rings. The number of fused-ring (bicyclic) bond motifs is 1. The lowest BCUT2D eigenvalue weighted by atomic mass is 10.1. The maximum Gasteiger partial charge on any atom is 0.138 e. The van der Waals surface area contributed by atoms with Crippen molar-refractivity contribution < 1.29 is 4.74 Å². The van der Waals surface area contributed by atoms with Gasteiger partial charge in [-0.2, -0.15) is 0 Å². The molecule has 0 saturated carbocycles. The van der Waals surface area contributed by atoms with E-state index < -0.39 is 0 Å². The van der Waals surface area contributed by atoms with Gasteiger partial charge in [0.05, 0.1) is 23.4 Å². The van der Waals surface area contributed by atoms with Gasteiger partial charge in [0.15, 0.2) is 0 Å². The van der Waals surface area contributed by atoms with Crippen LogP contribution in [0.3, 0.4) is 0 Å². The number of pyridine rings is 3. The second kappa shape index (κ2) is 6.17. The zero-order valence-electron chi connectivity index (χ0n) is 13.9. The Morgan fingerprint density at radius 1 is 1.04 bits per heavy atom. The van der Waals surface area contributed by atoms with Gasteiger partial charge in [-0.15, -0.1) is 0 Å². The number of hydrogen-bond acceptors (Lipinski definition) is 5. The van der Waals surface area contributed by atoms with Crippen LogP contribution in [0.1, 0.15) is 13.8 Å². The fourth-order valence-corrected chi connectivity index (χ4v) is 3.32. The van der Waals surface area contributed by atoms with Gasteiger partial charge in [0.1, 0.15) is 5.82 Å². The highest BCUT2D eigenvalue weighted by atomic mass is 16.5. The summed E-state index contributed by atoms with van der Waals surface area (Å²) in [6.45, 7) is 5.88. The molecule has 4 rings (SSSR count). The first-order valence-electron chi connectivity index (χ1n) is 8.27. The molecule has 122 valence electrons. The summed E-state index contributed by atoms with van der Waals surface area (Å²) in [5, 5.41) is 1.08.